The van der Waals surface area contributed by atoms with E-state index < -0.39 is 0 Å². The average molecular weight is 191 g/mol. The van der Waals surface area contributed by atoms with Crippen molar-refractivity contribution >= 4 is 11.7 Å². The van der Waals surface area contributed by atoms with Crippen molar-refractivity contribution in [2.24, 2.45) is 0 Å². The summed E-state index contributed by atoms with van der Waals surface area (Å²) in [5.41, 5.74) is 0.959. The number of aromatic nitrogens is 2. The van der Waals surface area contributed by atoms with E-state index >= 15 is 0 Å². The highest BCUT2D eigenvalue weighted by molar-refractivity contribution is 5.94. The van der Waals surface area contributed by atoms with Crippen LogP contribution in [0, 0.1) is 0 Å². The van der Waals surface area contributed by atoms with Crippen LogP contribution in [0.2, 0.25) is 0 Å². The molecule has 74 valence electrons. The van der Waals surface area contributed by atoms with Gasteiger partial charge >= 0.3 is 0 Å². The highest BCUT2D eigenvalue weighted by atomic mass is 16.2. The van der Waals surface area contributed by atoms with Crippen LogP contribution in [0.25, 0.3) is 0 Å². The summed E-state index contributed by atoms with van der Waals surface area (Å²) in [5, 5.41) is 0. The number of carbonyl (C=O) groups excluding carboxylic acids is 1. The van der Waals surface area contributed by atoms with Gasteiger partial charge in [0.2, 0.25) is 5.91 Å². The molecule has 1 aromatic heterocycles. The van der Waals surface area contributed by atoms with E-state index in [0.717, 1.165) is 25.1 Å². The second-order valence-electron chi connectivity index (χ2n) is 3.37. The van der Waals surface area contributed by atoms with Crippen LogP contribution in [0.1, 0.15) is 25.5 Å². The Hall–Kier alpha value is -1.45. The average Bonchev–Trinajstić information content (AvgIpc) is 2.65. The van der Waals surface area contributed by atoms with Crippen molar-refractivity contribution in [3.63, 3.8) is 0 Å². The van der Waals surface area contributed by atoms with Gasteiger partial charge in [-0.2, -0.15) is 0 Å². The highest BCUT2D eigenvalue weighted by Gasteiger charge is 2.22. The molecule has 0 N–H and O–H groups in total. The number of amides is 1. The molecule has 4 nitrogen and oxygen atoms in total. The molecule has 0 spiro atoms. The van der Waals surface area contributed by atoms with Crippen LogP contribution in [0.15, 0.2) is 12.4 Å². The monoisotopic (exact) mass is 191 g/mol. The van der Waals surface area contributed by atoms with Gasteiger partial charge in [-0.15, -0.1) is 0 Å². The lowest BCUT2D eigenvalue weighted by molar-refractivity contribution is -0.117. The Balaban J connectivity index is 2.20. The number of hydrogen-bond acceptors (Lipinski definition) is 3. The van der Waals surface area contributed by atoms with E-state index in [1.807, 2.05) is 6.92 Å². The van der Waals surface area contributed by atoms with Crippen molar-refractivity contribution in [1.82, 2.24) is 9.97 Å². The minimum atomic E-state index is 0.156. The van der Waals surface area contributed by atoms with Gasteiger partial charge in [-0.1, -0.05) is 6.92 Å². The summed E-state index contributed by atoms with van der Waals surface area (Å²) in [5.74, 6) is 0.841. The fraction of sp³-hybridized carbons (Fsp3) is 0.500. The van der Waals surface area contributed by atoms with E-state index in [1.165, 1.54) is 0 Å². The number of anilines is 1. The normalized spacial score (nSPS) is 16.4. The SMILES string of the molecule is CCc1cnc(N2CCCC2=O)cn1. The fourth-order valence-corrected chi connectivity index (χ4v) is 1.56. The quantitative estimate of drug-likeness (QED) is 0.704. The van der Waals surface area contributed by atoms with E-state index in [0.29, 0.717) is 12.2 Å². The van der Waals surface area contributed by atoms with Crippen LogP contribution >= 0.6 is 0 Å². The molecule has 0 atom stereocenters. The zero-order valence-corrected chi connectivity index (χ0v) is 8.23. The van der Waals surface area contributed by atoms with Gasteiger partial charge in [0, 0.05) is 13.0 Å². The van der Waals surface area contributed by atoms with Gasteiger partial charge in [0.05, 0.1) is 18.1 Å². The Bertz CT molecular complexity index is 334. The third-order valence-corrected chi connectivity index (χ3v) is 2.40. The van der Waals surface area contributed by atoms with E-state index in [1.54, 1.807) is 17.3 Å². The van der Waals surface area contributed by atoms with Gasteiger partial charge in [0.25, 0.3) is 0 Å². The zero-order chi connectivity index (χ0) is 9.97. The summed E-state index contributed by atoms with van der Waals surface area (Å²) in [7, 11) is 0. The third-order valence-electron chi connectivity index (χ3n) is 2.40. The molecule has 0 aromatic carbocycles. The van der Waals surface area contributed by atoms with Crippen LogP contribution in [-0.4, -0.2) is 22.4 Å². The van der Waals surface area contributed by atoms with Gasteiger partial charge in [-0.05, 0) is 12.8 Å². The van der Waals surface area contributed by atoms with Crippen LogP contribution in [0.5, 0.6) is 0 Å². The molecular formula is C10H13N3O. The van der Waals surface area contributed by atoms with Gasteiger partial charge in [-0.25, -0.2) is 4.98 Å². The van der Waals surface area contributed by atoms with Crippen molar-refractivity contribution in [2.75, 3.05) is 11.4 Å². The van der Waals surface area contributed by atoms with Crippen molar-refractivity contribution in [2.45, 2.75) is 26.2 Å². The molecule has 0 radical (unpaired) electrons. The van der Waals surface area contributed by atoms with E-state index in [2.05, 4.69) is 9.97 Å². The lowest BCUT2D eigenvalue weighted by atomic mass is 10.3. The Morgan fingerprint density at radius 1 is 1.43 bits per heavy atom. The van der Waals surface area contributed by atoms with Crippen LogP contribution in [0.4, 0.5) is 5.82 Å². The van der Waals surface area contributed by atoms with Gasteiger partial charge in [0.15, 0.2) is 5.82 Å². The minimum Gasteiger partial charge on any atom is -0.296 e. The second kappa shape index (κ2) is 3.74. The van der Waals surface area contributed by atoms with E-state index in [4.69, 9.17) is 0 Å². The predicted octanol–water partition coefficient (Wildman–Crippen LogP) is 1.17. The topological polar surface area (TPSA) is 46.1 Å². The summed E-state index contributed by atoms with van der Waals surface area (Å²) < 4.78 is 0. The van der Waals surface area contributed by atoms with E-state index in [-0.39, 0.29) is 5.91 Å². The maximum absolute atomic E-state index is 11.4. The maximum Gasteiger partial charge on any atom is 0.228 e. The minimum absolute atomic E-state index is 0.156. The Labute approximate surface area is 83.0 Å². The maximum atomic E-state index is 11.4. The molecule has 0 bridgehead atoms. The first-order valence-corrected chi connectivity index (χ1v) is 4.92. The predicted molar refractivity (Wildman–Crippen MR) is 53.0 cm³/mol. The standard InChI is InChI=1S/C10H13N3O/c1-2-8-6-12-9(7-11-8)13-5-3-4-10(13)14/h6-7H,2-5H2,1H3. The number of nitrogens with zero attached hydrogens (tertiary/aromatic N) is 3. The fourth-order valence-electron chi connectivity index (χ4n) is 1.56. The summed E-state index contributed by atoms with van der Waals surface area (Å²) in [6.07, 6.45) is 5.86. The van der Waals surface area contributed by atoms with Crippen molar-refractivity contribution in [3.05, 3.63) is 18.1 Å². The van der Waals surface area contributed by atoms with Crippen LogP contribution in [-0.2, 0) is 11.2 Å². The number of carbonyl (C=O) groups is 1. The molecule has 2 heterocycles. The van der Waals surface area contributed by atoms with Crippen molar-refractivity contribution in [1.29, 1.82) is 0 Å². The van der Waals surface area contributed by atoms with Crippen molar-refractivity contribution < 1.29 is 4.79 Å². The zero-order valence-electron chi connectivity index (χ0n) is 8.23. The molecule has 1 aliphatic heterocycles. The first-order valence-electron chi connectivity index (χ1n) is 4.92. The summed E-state index contributed by atoms with van der Waals surface area (Å²) >= 11 is 0. The lowest BCUT2D eigenvalue weighted by Crippen LogP contribution is -2.24. The molecule has 0 aliphatic carbocycles. The van der Waals surface area contributed by atoms with Crippen LogP contribution < -0.4 is 4.90 Å². The largest absolute Gasteiger partial charge is 0.296 e. The van der Waals surface area contributed by atoms with Gasteiger partial charge < -0.3 is 0 Å². The molecular weight excluding hydrogens is 178 g/mol. The van der Waals surface area contributed by atoms with Crippen molar-refractivity contribution in [3.8, 4) is 0 Å². The third kappa shape index (κ3) is 1.60. The van der Waals surface area contributed by atoms with Crippen LogP contribution in [0.3, 0.4) is 0 Å². The lowest BCUT2D eigenvalue weighted by Gasteiger charge is -2.13. The highest BCUT2D eigenvalue weighted by Crippen LogP contribution is 2.17. The van der Waals surface area contributed by atoms with Gasteiger partial charge in [-0.3, -0.25) is 14.7 Å². The smallest absolute Gasteiger partial charge is 0.228 e. The number of hydrogen-bond donors (Lipinski definition) is 0. The summed E-state index contributed by atoms with van der Waals surface area (Å²) in [6.45, 7) is 2.81. The Kier molecular flexibility index (Phi) is 2.43. The summed E-state index contributed by atoms with van der Waals surface area (Å²) in [6, 6.07) is 0. The molecule has 2 rings (SSSR count). The number of rotatable bonds is 2. The molecule has 4 heteroatoms. The molecule has 0 unspecified atom stereocenters. The molecule has 1 fully saturated rings. The molecule has 1 amide bonds. The molecule has 1 aromatic rings. The molecule has 14 heavy (non-hydrogen) atoms. The number of aryl methyl sites for hydroxylation is 1. The van der Waals surface area contributed by atoms with E-state index in [9.17, 15) is 4.79 Å². The molecule has 1 saturated heterocycles. The summed E-state index contributed by atoms with van der Waals surface area (Å²) in [4.78, 5) is 21.5. The Morgan fingerprint density at radius 2 is 2.29 bits per heavy atom. The van der Waals surface area contributed by atoms with Gasteiger partial charge in [0.1, 0.15) is 0 Å². The second-order valence-corrected chi connectivity index (χ2v) is 3.37. The molecule has 0 saturated carbocycles. The first kappa shape index (κ1) is 9.12. The first-order chi connectivity index (χ1) is 6.81. The molecule has 1 aliphatic rings. The Morgan fingerprint density at radius 3 is 2.79 bits per heavy atom.